The second-order valence-electron chi connectivity index (χ2n) is 6.41. The third-order valence-electron chi connectivity index (χ3n) is 3.84. The van der Waals surface area contributed by atoms with Gasteiger partial charge in [-0.3, -0.25) is 9.59 Å². The Balaban J connectivity index is 2.24. The highest BCUT2D eigenvalue weighted by Gasteiger charge is 2.14. The Hall–Kier alpha value is -2.69. The van der Waals surface area contributed by atoms with Crippen LogP contribution in [0.15, 0.2) is 42.5 Å². The summed E-state index contributed by atoms with van der Waals surface area (Å²) in [4.78, 5) is 28.8. The van der Waals surface area contributed by atoms with Crippen LogP contribution in [0.1, 0.15) is 52.4 Å². The van der Waals surface area contributed by atoms with Crippen LogP contribution in [-0.2, 0) is 6.42 Å². The van der Waals surface area contributed by atoms with Crippen LogP contribution in [0.3, 0.4) is 0 Å². The first-order chi connectivity index (χ1) is 12.0. The summed E-state index contributed by atoms with van der Waals surface area (Å²) in [7, 11) is 1.55. The molecule has 132 valence electrons. The molecule has 2 rings (SSSR count). The Bertz CT molecular complexity index is 727. The second kappa shape index (κ2) is 8.97. The number of benzene rings is 1. The molecule has 1 aromatic heterocycles. The number of nitrogens with one attached hydrogen (secondary N) is 2. The highest BCUT2D eigenvalue weighted by Crippen LogP contribution is 2.12. The van der Waals surface area contributed by atoms with Crippen LogP contribution in [0.4, 0.5) is 0 Å². The lowest BCUT2D eigenvalue weighted by atomic mass is 10.1. The topological polar surface area (TPSA) is 71.1 Å². The number of carbonyl (C=O) groups is 2. The van der Waals surface area contributed by atoms with Crippen LogP contribution in [0.5, 0.6) is 0 Å². The van der Waals surface area contributed by atoms with E-state index >= 15 is 0 Å². The Morgan fingerprint density at radius 3 is 2.44 bits per heavy atom. The molecular weight excluding hydrogens is 314 g/mol. The van der Waals surface area contributed by atoms with E-state index in [0.29, 0.717) is 30.1 Å². The minimum Gasteiger partial charge on any atom is -0.354 e. The molecule has 0 unspecified atom stereocenters. The molecule has 2 aromatic rings. The fourth-order valence-corrected chi connectivity index (χ4v) is 2.44. The van der Waals surface area contributed by atoms with Gasteiger partial charge in [0.25, 0.3) is 11.8 Å². The standard InChI is InChI=1S/C20H25N3O2/c1-14(2)9-10-22-19(24)16-12-17(11-15-7-5-4-6-8-15)23-18(13-16)20(25)21-3/h4-8,12-14H,9-11H2,1-3H3,(H,21,25)(H,22,24). The molecule has 2 N–H and O–H groups in total. The largest absolute Gasteiger partial charge is 0.354 e. The third-order valence-corrected chi connectivity index (χ3v) is 3.84. The molecule has 25 heavy (non-hydrogen) atoms. The first-order valence-corrected chi connectivity index (χ1v) is 8.54. The predicted molar refractivity (Wildman–Crippen MR) is 98.7 cm³/mol. The summed E-state index contributed by atoms with van der Waals surface area (Å²) in [6.07, 6.45) is 1.48. The highest BCUT2D eigenvalue weighted by atomic mass is 16.2. The zero-order chi connectivity index (χ0) is 18.2. The van der Waals surface area contributed by atoms with E-state index in [1.54, 1.807) is 13.1 Å². The average molecular weight is 339 g/mol. The predicted octanol–water partition coefficient (Wildman–Crippen LogP) is 2.81. The van der Waals surface area contributed by atoms with Crippen molar-refractivity contribution in [1.29, 1.82) is 0 Å². The van der Waals surface area contributed by atoms with E-state index in [4.69, 9.17) is 0 Å². The van der Waals surface area contributed by atoms with Gasteiger partial charge in [0.15, 0.2) is 0 Å². The van der Waals surface area contributed by atoms with Gasteiger partial charge in [-0.15, -0.1) is 0 Å². The maximum Gasteiger partial charge on any atom is 0.269 e. The summed E-state index contributed by atoms with van der Waals surface area (Å²) in [5, 5.41) is 5.47. The number of rotatable bonds is 7. The van der Waals surface area contributed by atoms with Crippen molar-refractivity contribution in [2.45, 2.75) is 26.7 Å². The molecule has 0 radical (unpaired) electrons. The Morgan fingerprint density at radius 1 is 1.08 bits per heavy atom. The highest BCUT2D eigenvalue weighted by molar-refractivity contribution is 5.98. The summed E-state index contributed by atoms with van der Waals surface area (Å²) < 4.78 is 0. The number of aromatic nitrogens is 1. The smallest absolute Gasteiger partial charge is 0.269 e. The van der Waals surface area contributed by atoms with Gasteiger partial charge in [-0.1, -0.05) is 44.2 Å². The van der Waals surface area contributed by atoms with Crippen molar-refractivity contribution < 1.29 is 9.59 Å². The summed E-state index contributed by atoms with van der Waals surface area (Å²) in [6.45, 7) is 4.84. The zero-order valence-electron chi connectivity index (χ0n) is 15.0. The molecule has 0 aliphatic heterocycles. The molecule has 2 amide bonds. The van der Waals surface area contributed by atoms with Crippen LogP contribution in [0, 0.1) is 5.92 Å². The third kappa shape index (κ3) is 5.71. The van der Waals surface area contributed by atoms with Crippen LogP contribution in [0.25, 0.3) is 0 Å². The van der Waals surface area contributed by atoms with Gasteiger partial charge in [-0.05, 0) is 30.0 Å². The fraction of sp³-hybridized carbons (Fsp3) is 0.350. The lowest BCUT2D eigenvalue weighted by Gasteiger charge is -2.10. The van der Waals surface area contributed by atoms with Crippen molar-refractivity contribution in [2.24, 2.45) is 5.92 Å². The lowest BCUT2D eigenvalue weighted by Crippen LogP contribution is -2.27. The van der Waals surface area contributed by atoms with E-state index in [-0.39, 0.29) is 17.5 Å². The number of hydrogen-bond donors (Lipinski definition) is 2. The van der Waals surface area contributed by atoms with Crippen molar-refractivity contribution in [2.75, 3.05) is 13.6 Å². The van der Waals surface area contributed by atoms with Crippen LogP contribution in [0.2, 0.25) is 0 Å². The van der Waals surface area contributed by atoms with Crippen LogP contribution in [-0.4, -0.2) is 30.4 Å². The molecule has 5 nitrogen and oxygen atoms in total. The normalized spacial score (nSPS) is 10.6. The van der Waals surface area contributed by atoms with Gasteiger partial charge < -0.3 is 10.6 Å². The monoisotopic (exact) mass is 339 g/mol. The van der Waals surface area contributed by atoms with E-state index in [0.717, 1.165) is 12.0 Å². The average Bonchev–Trinajstić information content (AvgIpc) is 2.61. The number of pyridine rings is 1. The molecule has 5 heteroatoms. The second-order valence-corrected chi connectivity index (χ2v) is 6.41. The minimum absolute atomic E-state index is 0.178. The van der Waals surface area contributed by atoms with Crippen molar-refractivity contribution in [1.82, 2.24) is 15.6 Å². The molecular formula is C20H25N3O2. The minimum atomic E-state index is -0.300. The number of hydrogen-bond acceptors (Lipinski definition) is 3. The molecule has 0 bridgehead atoms. The molecule has 0 atom stereocenters. The van der Waals surface area contributed by atoms with E-state index in [2.05, 4.69) is 29.5 Å². The molecule has 0 fully saturated rings. The van der Waals surface area contributed by atoms with Crippen LogP contribution >= 0.6 is 0 Å². The molecule has 0 spiro atoms. The number of amides is 2. The van der Waals surface area contributed by atoms with Gasteiger partial charge in [0.05, 0.1) is 0 Å². The zero-order valence-corrected chi connectivity index (χ0v) is 15.0. The van der Waals surface area contributed by atoms with Crippen molar-refractivity contribution in [3.63, 3.8) is 0 Å². The quantitative estimate of drug-likeness (QED) is 0.815. The van der Waals surface area contributed by atoms with Gasteiger partial charge >= 0.3 is 0 Å². The number of nitrogens with zero attached hydrogens (tertiary/aromatic N) is 1. The van der Waals surface area contributed by atoms with Gasteiger partial charge in [-0.2, -0.15) is 0 Å². The number of carbonyl (C=O) groups excluding carboxylic acids is 2. The van der Waals surface area contributed by atoms with Crippen molar-refractivity contribution in [3.05, 3.63) is 65.0 Å². The molecule has 1 heterocycles. The Kier molecular flexibility index (Phi) is 6.69. The Labute approximate surface area is 148 Å². The molecule has 0 aliphatic carbocycles. The maximum absolute atomic E-state index is 12.4. The maximum atomic E-state index is 12.4. The summed E-state index contributed by atoms with van der Waals surface area (Å²) in [6, 6.07) is 13.1. The molecule has 0 saturated heterocycles. The van der Waals surface area contributed by atoms with Crippen molar-refractivity contribution >= 4 is 11.8 Å². The molecule has 0 saturated carbocycles. The molecule has 1 aromatic carbocycles. The summed E-state index contributed by atoms with van der Waals surface area (Å²) in [5.74, 6) is 0.0430. The van der Waals surface area contributed by atoms with E-state index in [1.165, 1.54) is 6.07 Å². The van der Waals surface area contributed by atoms with E-state index in [1.807, 2.05) is 30.3 Å². The van der Waals surface area contributed by atoms with Gasteiger partial charge in [0.2, 0.25) is 0 Å². The summed E-state index contributed by atoms with van der Waals surface area (Å²) in [5.41, 5.74) is 2.49. The summed E-state index contributed by atoms with van der Waals surface area (Å²) >= 11 is 0. The Morgan fingerprint density at radius 2 is 1.80 bits per heavy atom. The fourth-order valence-electron chi connectivity index (χ4n) is 2.44. The van der Waals surface area contributed by atoms with Gasteiger partial charge in [0, 0.05) is 31.3 Å². The molecule has 0 aliphatic rings. The lowest BCUT2D eigenvalue weighted by molar-refractivity contribution is 0.0951. The van der Waals surface area contributed by atoms with E-state index < -0.39 is 0 Å². The van der Waals surface area contributed by atoms with Crippen LogP contribution < -0.4 is 10.6 Å². The SMILES string of the molecule is CNC(=O)c1cc(C(=O)NCCC(C)C)cc(Cc2ccccc2)n1. The van der Waals surface area contributed by atoms with Crippen molar-refractivity contribution in [3.8, 4) is 0 Å². The first-order valence-electron chi connectivity index (χ1n) is 8.54. The van der Waals surface area contributed by atoms with E-state index in [9.17, 15) is 9.59 Å². The van der Waals surface area contributed by atoms with Gasteiger partial charge in [-0.25, -0.2) is 4.98 Å². The first kappa shape index (κ1) is 18.6. The van der Waals surface area contributed by atoms with Gasteiger partial charge in [0.1, 0.15) is 5.69 Å².